The van der Waals surface area contributed by atoms with Gasteiger partial charge in [0.1, 0.15) is 5.78 Å². The van der Waals surface area contributed by atoms with Crippen LogP contribution in [-0.4, -0.2) is 11.8 Å². The van der Waals surface area contributed by atoms with Crippen molar-refractivity contribution in [1.82, 2.24) is 0 Å². The van der Waals surface area contributed by atoms with Gasteiger partial charge in [-0.15, -0.1) is 0 Å². The maximum Gasteiger partial charge on any atom is 0.316 e. The second-order valence-electron chi connectivity index (χ2n) is 3.03. The largest absolute Gasteiger partial charge is 0.351 e. The molecule has 0 saturated carbocycles. The third-order valence-corrected chi connectivity index (χ3v) is 1.71. The number of anilines is 1. The number of ketones is 1. The van der Waals surface area contributed by atoms with Crippen LogP contribution in [0, 0.1) is 0 Å². The Balaban J connectivity index is 2.90. The number of para-hydroxylation sites is 1. The van der Waals surface area contributed by atoms with Crippen molar-refractivity contribution in [2.45, 2.75) is 13.3 Å². The summed E-state index contributed by atoms with van der Waals surface area (Å²) in [5.74, 6) is 0.0451. The van der Waals surface area contributed by atoms with Crippen LogP contribution in [0.3, 0.4) is 0 Å². The van der Waals surface area contributed by atoms with E-state index < -0.39 is 6.03 Å². The molecule has 0 radical (unpaired) electrons. The van der Waals surface area contributed by atoms with E-state index >= 15 is 0 Å². The van der Waals surface area contributed by atoms with E-state index in [1.54, 1.807) is 18.2 Å². The zero-order valence-electron chi connectivity index (χ0n) is 7.91. The monoisotopic (exact) mass is 192 g/mol. The van der Waals surface area contributed by atoms with Crippen molar-refractivity contribution in [3.8, 4) is 0 Å². The minimum Gasteiger partial charge on any atom is -0.351 e. The van der Waals surface area contributed by atoms with Crippen molar-refractivity contribution >= 4 is 17.5 Å². The number of urea groups is 1. The summed E-state index contributed by atoms with van der Waals surface area (Å²) in [5, 5.41) is 2.47. The van der Waals surface area contributed by atoms with Gasteiger partial charge in [-0.05, 0) is 18.6 Å². The van der Waals surface area contributed by atoms with Gasteiger partial charge in [0.15, 0.2) is 0 Å². The maximum absolute atomic E-state index is 10.9. The first-order valence-corrected chi connectivity index (χ1v) is 4.23. The van der Waals surface area contributed by atoms with Gasteiger partial charge in [0.25, 0.3) is 0 Å². The zero-order chi connectivity index (χ0) is 10.6. The molecule has 4 nitrogen and oxygen atoms in total. The van der Waals surface area contributed by atoms with E-state index in [2.05, 4.69) is 5.32 Å². The van der Waals surface area contributed by atoms with E-state index in [-0.39, 0.29) is 5.78 Å². The maximum atomic E-state index is 10.9. The first-order valence-electron chi connectivity index (χ1n) is 4.23. The lowest BCUT2D eigenvalue weighted by Crippen LogP contribution is -2.20. The molecule has 3 N–H and O–H groups in total. The van der Waals surface area contributed by atoms with E-state index in [1.807, 2.05) is 6.07 Å². The SMILES string of the molecule is CC(=O)Cc1ccccc1NC(N)=O. The smallest absolute Gasteiger partial charge is 0.316 e. The van der Waals surface area contributed by atoms with Crippen molar-refractivity contribution in [2.24, 2.45) is 5.73 Å². The quantitative estimate of drug-likeness (QED) is 0.757. The first-order chi connectivity index (χ1) is 6.59. The summed E-state index contributed by atoms with van der Waals surface area (Å²) >= 11 is 0. The third kappa shape index (κ3) is 2.90. The number of nitrogens with one attached hydrogen (secondary N) is 1. The summed E-state index contributed by atoms with van der Waals surface area (Å²) in [6.07, 6.45) is 0.302. The molecule has 74 valence electrons. The lowest BCUT2D eigenvalue weighted by atomic mass is 10.1. The highest BCUT2D eigenvalue weighted by Gasteiger charge is 2.05. The summed E-state index contributed by atoms with van der Waals surface area (Å²) in [7, 11) is 0. The average molecular weight is 192 g/mol. The van der Waals surface area contributed by atoms with Crippen LogP contribution in [0.4, 0.5) is 10.5 Å². The molecule has 4 heteroatoms. The molecule has 0 aromatic heterocycles. The van der Waals surface area contributed by atoms with Crippen LogP contribution in [0.15, 0.2) is 24.3 Å². The van der Waals surface area contributed by atoms with Crippen molar-refractivity contribution in [1.29, 1.82) is 0 Å². The lowest BCUT2D eigenvalue weighted by molar-refractivity contribution is -0.116. The highest BCUT2D eigenvalue weighted by Crippen LogP contribution is 2.15. The number of nitrogens with two attached hydrogens (primary N) is 1. The van der Waals surface area contributed by atoms with Gasteiger partial charge >= 0.3 is 6.03 Å². The normalized spacial score (nSPS) is 9.50. The van der Waals surface area contributed by atoms with Crippen LogP contribution in [0.5, 0.6) is 0 Å². The van der Waals surface area contributed by atoms with Crippen LogP contribution < -0.4 is 11.1 Å². The Morgan fingerprint density at radius 3 is 2.57 bits per heavy atom. The second kappa shape index (κ2) is 4.41. The molecule has 0 aliphatic carbocycles. The van der Waals surface area contributed by atoms with Gasteiger partial charge in [0.05, 0.1) is 0 Å². The average Bonchev–Trinajstić information content (AvgIpc) is 2.06. The van der Waals surface area contributed by atoms with Gasteiger partial charge in [-0.1, -0.05) is 18.2 Å². The molecule has 0 atom stereocenters. The Hall–Kier alpha value is -1.84. The summed E-state index contributed by atoms with van der Waals surface area (Å²) < 4.78 is 0. The molecule has 0 aliphatic rings. The Morgan fingerprint density at radius 2 is 2.00 bits per heavy atom. The highest BCUT2D eigenvalue weighted by molar-refractivity contribution is 5.90. The van der Waals surface area contributed by atoms with Crippen LogP contribution in [0.1, 0.15) is 12.5 Å². The number of primary amides is 1. The van der Waals surface area contributed by atoms with E-state index in [1.165, 1.54) is 6.92 Å². The van der Waals surface area contributed by atoms with Gasteiger partial charge in [0.2, 0.25) is 0 Å². The summed E-state index contributed by atoms with van der Waals surface area (Å²) in [4.78, 5) is 21.5. The molecule has 1 rings (SSSR count). The topological polar surface area (TPSA) is 72.2 Å². The number of Topliss-reactive ketones (excluding diaryl/α,β-unsaturated/α-hetero) is 1. The fraction of sp³-hybridized carbons (Fsp3) is 0.200. The van der Waals surface area contributed by atoms with Gasteiger partial charge in [-0.2, -0.15) is 0 Å². The molecule has 0 bridgehead atoms. The minimum atomic E-state index is -0.624. The number of hydrogen-bond acceptors (Lipinski definition) is 2. The number of benzene rings is 1. The van der Waals surface area contributed by atoms with Gasteiger partial charge in [-0.3, -0.25) is 4.79 Å². The summed E-state index contributed by atoms with van der Waals surface area (Å²) in [5.41, 5.74) is 6.36. The molecule has 0 saturated heterocycles. The fourth-order valence-corrected chi connectivity index (χ4v) is 1.20. The molecular weight excluding hydrogens is 180 g/mol. The zero-order valence-corrected chi connectivity index (χ0v) is 7.91. The van der Waals surface area contributed by atoms with Crippen molar-refractivity contribution < 1.29 is 9.59 Å². The minimum absolute atomic E-state index is 0.0451. The van der Waals surface area contributed by atoms with E-state index in [0.29, 0.717) is 12.1 Å². The van der Waals surface area contributed by atoms with Gasteiger partial charge < -0.3 is 11.1 Å². The van der Waals surface area contributed by atoms with Crippen LogP contribution >= 0.6 is 0 Å². The van der Waals surface area contributed by atoms with Crippen LogP contribution in [0.2, 0.25) is 0 Å². The molecule has 0 heterocycles. The molecule has 0 unspecified atom stereocenters. The Labute approximate surface area is 82.1 Å². The molecule has 0 aliphatic heterocycles. The molecule has 1 aromatic carbocycles. The van der Waals surface area contributed by atoms with Crippen molar-refractivity contribution in [3.63, 3.8) is 0 Å². The molecule has 2 amide bonds. The third-order valence-electron chi connectivity index (χ3n) is 1.71. The predicted molar refractivity (Wildman–Crippen MR) is 54.0 cm³/mol. The Bertz CT molecular complexity index is 326. The molecule has 1 aromatic rings. The summed E-state index contributed by atoms with van der Waals surface area (Å²) in [6, 6.07) is 6.45. The number of carbonyl (C=O) groups excluding carboxylic acids is 2. The van der Waals surface area contributed by atoms with Crippen molar-refractivity contribution in [3.05, 3.63) is 29.8 Å². The molecule has 0 spiro atoms. The second-order valence-corrected chi connectivity index (χ2v) is 3.03. The lowest BCUT2D eigenvalue weighted by Gasteiger charge is -2.07. The summed E-state index contributed by atoms with van der Waals surface area (Å²) in [6.45, 7) is 1.50. The number of rotatable bonds is 3. The Morgan fingerprint density at radius 1 is 1.36 bits per heavy atom. The van der Waals surface area contributed by atoms with Crippen molar-refractivity contribution in [2.75, 3.05) is 5.32 Å². The van der Waals surface area contributed by atoms with E-state index in [0.717, 1.165) is 5.56 Å². The Kier molecular flexibility index (Phi) is 3.23. The molecule has 0 fully saturated rings. The van der Waals surface area contributed by atoms with Crippen LogP contribution in [-0.2, 0) is 11.2 Å². The number of hydrogen-bond donors (Lipinski definition) is 2. The van der Waals surface area contributed by atoms with E-state index in [9.17, 15) is 9.59 Å². The number of amides is 2. The van der Waals surface area contributed by atoms with Crippen LogP contribution in [0.25, 0.3) is 0 Å². The van der Waals surface area contributed by atoms with E-state index in [4.69, 9.17) is 5.73 Å². The standard InChI is InChI=1S/C10H12N2O2/c1-7(13)6-8-4-2-3-5-9(8)12-10(11)14/h2-5H,6H2,1H3,(H3,11,12,14). The highest BCUT2D eigenvalue weighted by atomic mass is 16.2. The number of carbonyl (C=O) groups is 2. The van der Waals surface area contributed by atoms with Gasteiger partial charge in [0, 0.05) is 12.1 Å². The molecular formula is C10H12N2O2. The predicted octanol–water partition coefficient (Wildman–Crippen LogP) is 1.31. The first kappa shape index (κ1) is 10.2. The fourth-order valence-electron chi connectivity index (χ4n) is 1.20. The molecule has 14 heavy (non-hydrogen) atoms. The van der Waals surface area contributed by atoms with Gasteiger partial charge in [-0.25, -0.2) is 4.79 Å².